The van der Waals surface area contributed by atoms with Crippen LogP contribution in [0.4, 0.5) is 5.69 Å². The first-order valence-corrected chi connectivity index (χ1v) is 7.41. The lowest BCUT2D eigenvalue weighted by molar-refractivity contribution is -0.384. The summed E-state index contributed by atoms with van der Waals surface area (Å²) < 4.78 is 27.2. The van der Waals surface area contributed by atoms with Crippen molar-refractivity contribution in [2.24, 2.45) is 5.14 Å². The molecule has 114 valence electrons. The van der Waals surface area contributed by atoms with Crippen molar-refractivity contribution in [1.82, 2.24) is 0 Å². The number of nitrogens with zero attached hydrogens (tertiary/aromatic N) is 1. The number of non-ortho nitro benzene ring substituents is 1. The number of hydrogen-bond acceptors (Lipinski definition) is 6. The van der Waals surface area contributed by atoms with E-state index in [4.69, 9.17) is 9.88 Å². The number of ether oxygens (including phenoxy) is 1. The Balaban J connectivity index is 2.13. The summed E-state index contributed by atoms with van der Waals surface area (Å²) in [5.41, 5.74) is -0.0111. The lowest BCUT2D eigenvalue weighted by atomic mass is 10.2. The van der Waals surface area contributed by atoms with Crippen molar-refractivity contribution in [3.8, 4) is 5.75 Å². The van der Waals surface area contributed by atoms with Crippen molar-refractivity contribution in [2.75, 3.05) is 0 Å². The molecule has 0 fully saturated rings. The van der Waals surface area contributed by atoms with E-state index in [2.05, 4.69) is 0 Å². The number of esters is 1. The molecule has 2 rings (SSSR count). The first-order chi connectivity index (χ1) is 10.3. The third-order valence-electron chi connectivity index (χ3n) is 2.68. The Labute approximate surface area is 125 Å². The fourth-order valence-corrected chi connectivity index (χ4v) is 2.10. The summed E-state index contributed by atoms with van der Waals surface area (Å²) >= 11 is 0. The molecule has 0 atom stereocenters. The van der Waals surface area contributed by atoms with E-state index in [0.29, 0.717) is 0 Å². The summed E-state index contributed by atoms with van der Waals surface area (Å²) in [6.45, 7) is 0. The smallest absolute Gasteiger partial charge is 0.343 e. The minimum Gasteiger partial charge on any atom is -0.423 e. The van der Waals surface area contributed by atoms with Crippen molar-refractivity contribution in [2.45, 2.75) is 4.90 Å². The van der Waals surface area contributed by atoms with Crippen LogP contribution >= 0.6 is 0 Å². The highest BCUT2D eigenvalue weighted by molar-refractivity contribution is 7.89. The van der Waals surface area contributed by atoms with E-state index in [1.807, 2.05) is 0 Å². The van der Waals surface area contributed by atoms with Crippen molar-refractivity contribution in [1.29, 1.82) is 0 Å². The molecule has 8 nitrogen and oxygen atoms in total. The van der Waals surface area contributed by atoms with Crippen LogP contribution in [0, 0.1) is 10.1 Å². The molecule has 0 radical (unpaired) electrons. The molecule has 2 N–H and O–H groups in total. The van der Waals surface area contributed by atoms with Crippen molar-refractivity contribution in [3.05, 3.63) is 64.2 Å². The Morgan fingerprint density at radius 2 is 1.59 bits per heavy atom. The van der Waals surface area contributed by atoms with Crippen molar-refractivity contribution in [3.63, 3.8) is 0 Å². The zero-order valence-electron chi connectivity index (χ0n) is 11.0. The van der Waals surface area contributed by atoms with Gasteiger partial charge in [-0.15, -0.1) is 0 Å². The van der Waals surface area contributed by atoms with Crippen LogP contribution in [0.15, 0.2) is 53.4 Å². The largest absolute Gasteiger partial charge is 0.423 e. The summed E-state index contributed by atoms with van der Waals surface area (Å²) in [5, 5.41) is 15.5. The number of sulfonamides is 1. The maximum absolute atomic E-state index is 11.9. The summed E-state index contributed by atoms with van der Waals surface area (Å²) in [5.74, 6) is -0.596. The molecule has 0 amide bonds. The Kier molecular flexibility index (Phi) is 4.20. The van der Waals surface area contributed by atoms with E-state index in [1.54, 1.807) is 0 Å². The third kappa shape index (κ3) is 3.65. The third-order valence-corrected chi connectivity index (χ3v) is 3.61. The maximum Gasteiger partial charge on any atom is 0.343 e. The normalized spacial score (nSPS) is 11.0. The minimum absolute atomic E-state index is 0.116. The quantitative estimate of drug-likeness (QED) is 0.392. The zero-order valence-corrected chi connectivity index (χ0v) is 11.8. The van der Waals surface area contributed by atoms with Gasteiger partial charge in [-0.05, 0) is 36.4 Å². The van der Waals surface area contributed by atoms with Crippen LogP contribution in [0.1, 0.15) is 10.4 Å². The molecule has 0 spiro atoms. The second-order valence-corrected chi connectivity index (χ2v) is 5.77. The molecule has 0 saturated carbocycles. The average molecular weight is 322 g/mol. The standard InChI is InChI=1S/C13H10N2O6S/c14-22(19,20)12-7-1-9(2-8-12)13(16)21-11-5-3-10(4-6-11)15(17)18/h1-8H,(H2,14,19,20). The molecule has 0 bridgehead atoms. The van der Waals surface area contributed by atoms with E-state index in [9.17, 15) is 23.3 Å². The highest BCUT2D eigenvalue weighted by atomic mass is 32.2. The molecule has 0 aliphatic rings. The van der Waals surface area contributed by atoms with Crippen LogP contribution in [0.2, 0.25) is 0 Å². The van der Waals surface area contributed by atoms with E-state index < -0.39 is 20.9 Å². The number of carbonyl (C=O) groups excluding carboxylic acids is 1. The predicted molar refractivity (Wildman–Crippen MR) is 75.9 cm³/mol. The molecular formula is C13H10N2O6S. The second kappa shape index (κ2) is 5.92. The highest BCUT2D eigenvalue weighted by Crippen LogP contribution is 2.19. The molecule has 0 aromatic heterocycles. The summed E-state index contributed by atoms with van der Waals surface area (Å²) in [6, 6.07) is 9.85. The molecular weight excluding hydrogens is 312 g/mol. The Morgan fingerprint density at radius 1 is 1.05 bits per heavy atom. The first kappa shape index (κ1) is 15.6. The lowest BCUT2D eigenvalue weighted by Gasteiger charge is -2.04. The lowest BCUT2D eigenvalue weighted by Crippen LogP contribution is -2.13. The van der Waals surface area contributed by atoms with Gasteiger partial charge in [0.1, 0.15) is 5.75 Å². The van der Waals surface area contributed by atoms with Crippen molar-refractivity contribution >= 4 is 21.7 Å². The van der Waals surface area contributed by atoms with Gasteiger partial charge in [0.25, 0.3) is 5.69 Å². The summed E-state index contributed by atoms with van der Waals surface area (Å²) in [7, 11) is -3.83. The molecule has 9 heteroatoms. The number of benzene rings is 2. The van der Waals surface area contributed by atoms with Gasteiger partial charge < -0.3 is 4.74 Å². The number of carbonyl (C=O) groups is 1. The van der Waals surface area contributed by atoms with Gasteiger partial charge in [-0.1, -0.05) is 0 Å². The highest BCUT2D eigenvalue weighted by Gasteiger charge is 2.13. The van der Waals surface area contributed by atoms with E-state index in [1.165, 1.54) is 48.5 Å². The molecule has 22 heavy (non-hydrogen) atoms. The fraction of sp³-hybridized carbons (Fsp3) is 0. The zero-order chi connectivity index (χ0) is 16.3. The molecule has 2 aromatic rings. The summed E-state index contributed by atoms with van der Waals surface area (Å²) in [6.07, 6.45) is 0. The monoisotopic (exact) mass is 322 g/mol. The van der Waals surface area contributed by atoms with Crippen LogP contribution in [0.5, 0.6) is 5.75 Å². The van der Waals surface area contributed by atoms with Gasteiger partial charge in [0.05, 0.1) is 15.4 Å². The molecule has 0 aliphatic carbocycles. The molecule has 0 heterocycles. The van der Waals surface area contributed by atoms with Crippen LogP contribution in [0.25, 0.3) is 0 Å². The van der Waals surface area contributed by atoms with Gasteiger partial charge in [0.2, 0.25) is 10.0 Å². The van der Waals surface area contributed by atoms with Gasteiger partial charge in [0, 0.05) is 12.1 Å². The Morgan fingerprint density at radius 3 is 2.05 bits per heavy atom. The molecule has 0 aliphatic heterocycles. The first-order valence-electron chi connectivity index (χ1n) is 5.87. The van der Waals surface area contributed by atoms with Crippen molar-refractivity contribution < 1.29 is 22.9 Å². The van der Waals surface area contributed by atoms with Crippen LogP contribution in [-0.4, -0.2) is 19.3 Å². The second-order valence-electron chi connectivity index (χ2n) is 4.21. The Hall–Kier alpha value is -2.78. The SMILES string of the molecule is NS(=O)(=O)c1ccc(C(=O)Oc2ccc([N+](=O)[O-])cc2)cc1. The van der Waals surface area contributed by atoms with E-state index in [-0.39, 0.29) is 21.9 Å². The number of nitrogens with two attached hydrogens (primary N) is 1. The van der Waals surface area contributed by atoms with Gasteiger partial charge in [-0.25, -0.2) is 18.4 Å². The number of nitro benzene ring substituents is 1. The van der Waals surface area contributed by atoms with Crippen LogP contribution in [-0.2, 0) is 10.0 Å². The predicted octanol–water partition coefficient (Wildman–Crippen LogP) is 1.46. The molecule has 0 saturated heterocycles. The molecule has 2 aromatic carbocycles. The number of nitro groups is 1. The Bertz CT molecular complexity index is 813. The molecule has 0 unspecified atom stereocenters. The topological polar surface area (TPSA) is 130 Å². The van der Waals surface area contributed by atoms with Gasteiger partial charge >= 0.3 is 5.97 Å². The van der Waals surface area contributed by atoms with Gasteiger partial charge in [-0.3, -0.25) is 10.1 Å². The van der Waals surface area contributed by atoms with Gasteiger partial charge in [-0.2, -0.15) is 0 Å². The van der Waals surface area contributed by atoms with Crippen LogP contribution in [0.3, 0.4) is 0 Å². The maximum atomic E-state index is 11.9. The fourth-order valence-electron chi connectivity index (χ4n) is 1.58. The minimum atomic E-state index is -3.83. The number of primary sulfonamides is 1. The average Bonchev–Trinajstić information content (AvgIpc) is 2.47. The number of rotatable bonds is 4. The van der Waals surface area contributed by atoms with Gasteiger partial charge in [0.15, 0.2) is 0 Å². The van der Waals surface area contributed by atoms with Crippen LogP contribution < -0.4 is 9.88 Å². The van der Waals surface area contributed by atoms with E-state index in [0.717, 1.165) is 0 Å². The van der Waals surface area contributed by atoms with E-state index >= 15 is 0 Å². The number of hydrogen-bond donors (Lipinski definition) is 1. The summed E-state index contributed by atoms with van der Waals surface area (Å²) in [4.78, 5) is 21.7.